The van der Waals surface area contributed by atoms with Gasteiger partial charge in [-0.05, 0) is 75.2 Å². The largest absolute Gasteiger partial charge is 0.323 e. The van der Waals surface area contributed by atoms with Gasteiger partial charge in [0.2, 0.25) is 0 Å². The van der Waals surface area contributed by atoms with Crippen molar-refractivity contribution < 1.29 is 0 Å². The number of pyridine rings is 1. The Balaban J connectivity index is 1.69. The van der Waals surface area contributed by atoms with Crippen LogP contribution in [-0.4, -0.2) is 24.1 Å². The fraction of sp³-hybridized carbons (Fsp3) is 0.240. The lowest BCUT2D eigenvalue weighted by atomic mass is 10.2. The summed E-state index contributed by atoms with van der Waals surface area (Å²) in [6.45, 7) is 10.2. The van der Waals surface area contributed by atoms with Crippen LogP contribution in [-0.2, 0) is 13.1 Å². The van der Waals surface area contributed by atoms with Gasteiger partial charge in [-0.1, -0.05) is 18.2 Å². The third-order valence-corrected chi connectivity index (χ3v) is 5.65. The number of fused-ring (bicyclic) bond motifs is 2. The molecule has 5 rings (SSSR count). The molecule has 0 aliphatic carbocycles. The van der Waals surface area contributed by atoms with Crippen LogP contribution in [0.3, 0.4) is 0 Å². The average Bonchev–Trinajstić information content (AvgIpc) is 3.30. The van der Waals surface area contributed by atoms with Crippen LogP contribution in [0.1, 0.15) is 25.0 Å². The molecule has 0 atom stereocenters. The van der Waals surface area contributed by atoms with Gasteiger partial charge in [-0.15, -0.1) is 0 Å². The zero-order valence-corrected chi connectivity index (χ0v) is 17.8. The topological polar surface area (TPSA) is 48.5 Å². The summed E-state index contributed by atoms with van der Waals surface area (Å²) >= 11 is 0. The summed E-state index contributed by atoms with van der Waals surface area (Å²) in [5.74, 6) is 1.80. The molecule has 0 unspecified atom stereocenters. The minimum atomic E-state index is 0.841. The van der Waals surface area contributed by atoms with Crippen LogP contribution >= 0.6 is 0 Å². The molecule has 0 radical (unpaired) electrons. The Labute approximate surface area is 176 Å². The monoisotopic (exact) mass is 395 g/mol. The number of imidazole rings is 2. The maximum atomic E-state index is 5.00. The maximum Gasteiger partial charge on any atom is 0.159 e. The van der Waals surface area contributed by atoms with E-state index in [0.717, 1.165) is 58.2 Å². The zero-order chi connectivity index (χ0) is 20.8. The van der Waals surface area contributed by atoms with E-state index in [-0.39, 0.29) is 0 Å². The molecule has 0 N–H and O–H groups in total. The molecule has 3 aromatic heterocycles. The highest BCUT2D eigenvalue weighted by atomic mass is 15.1. The van der Waals surface area contributed by atoms with Gasteiger partial charge in [0.15, 0.2) is 11.6 Å². The number of hydrogen-bond acceptors (Lipinski definition) is 3. The lowest BCUT2D eigenvalue weighted by molar-refractivity contribution is 0.788. The van der Waals surface area contributed by atoms with E-state index in [4.69, 9.17) is 15.0 Å². The summed E-state index contributed by atoms with van der Waals surface area (Å²) in [4.78, 5) is 14.8. The minimum absolute atomic E-state index is 0.841. The smallest absolute Gasteiger partial charge is 0.159 e. The molecule has 0 spiro atoms. The van der Waals surface area contributed by atoms with Crippen molar-refractivity contribution >= 4 is 22.1 Å². The van der Waals surface area contributed by atoms with Crippen molar-refractivity contribution in [3.8, 4) is 23.0 Å². The van der Waals surface area contributed by atoms with E-state index < -0.39 is 0 Å². The molecule has 3 heterocycles. The van der Waals surface area contributed by atoms with E-state index in [2.05, 4.69) is 73.2 Å². The van der Waals surface area contributed by atoms with Gasteiger partial charge in [0.05, 0.1) is 22.1 Å². The van der Waals surface area contributed by atoms with Gasteiger partial charge in [-0.3, -0.25) is 0 Å². The lowest BCUT2D eigenvalue weighted by Crippen LogP contribution is -2.02. The quantitative estimate of drug-likeness (QED) is 0.388. The molecule has 0 bridgehead atoms. The Morgan fingerprint density at radius 3 is 1.53 bits per heavy atom. The summed E-state index contributed by atoms with van der Waals surface area (Å²) in [6, 6.07) is 18.9. The van der Waals surface area contributed by atoms with Gasteiger partial charge < -0.3 is 9.13 Å². The predicted octanol–water partition coefficient (Wildman–Crippen LogP) is 5.77. The molecular weight excluding hydrogens is 370 g/mol. The first-order chi connectivity index (χ1) is 14.6. The lowest BCUT2D eigenvalue weighted by Gasteiger charge is -2.09. The van der Waals surface area contributed by atoms with Crippen molar-refractivity contribution in [1.29, 1.82) is 0 Å². The highest BCUT2D eigenvalue weighted by Gasteiger charge is 2.17. The van der Waals surface area contributed by atoms with Crippen LogP contribution in [0.2, 0.25) is 0 Å². The van der Waals surface area contributed by atoms with Crippen LogP contribution in [0.25, 0.3) is 45.1 Å². The zero-order valence-electron chi connectivity index (χ0n) is 17.8. The molecule has 30 heavy (non-hydrogen) atoms. The summed E-state index contributed by atoms with van der Waals surface area (Å²) < 4.78 is 4.46. The van der Waals surface area contributed by atoms with Gasteiger partial charge in [0.1, 0.15) is 11.4 Å². The van der Waals surface area contributed by atoms with Gasteiger partial charge >= 0.3 is 0 Å². The number of aryl methyl sites for hydroxylation is 4. The summed E-state index contributed by atoms with van der Waals surface area (Å²) in [5, 5.41) is 0. The second-order valence-corrected chi connectivity index (χ2v) is 7.75. The van der Waals surface area contributed by atoms with Crippen molar-refractivity contribution in [2.45, 2.75) is 40.8 Å². The third-order valence-electron chi connectivity index (χ3n) is 5.65. The second-order valence-electron chi connectivity index (χ2n) is 7.75. The molecule has 0 amide bonds. The Morgan fingerprint density at radius 1 is 0.633 bits per heavy atom. The average molecular weight is 396 g/mol. The van der Waals surface area contributed by atoms with E-state index in [1.54, 1.807) is 0 Å². The molecule has 2 aromatic carbocycles. The van der Waals surface area contributed by atoms with Gasteiger partial charge in [0.25, 0.3) is 0 Å². The highest BCUT2D eigenvalue weighted by Crippen LogP contribution is 2.28. The predicted molar refractivity (Wildman–Crippen MR) is 123 cm³/mol. The summed E-state index contributed by atoms with van der Waals surface area (Å²) in [6.07, 6.45) is 0. The molecule has 5 heteroatoms. The standard InChI is InChI=1S/C25H25N5/c1-5-29-22-12-10-16(3)14-20(22)27-24(29)18-8-7-9-19(26-18)25-28-21-15-17(4)11-13-23(21)30(25)6-2/h7-15H,5-6H2,1-4H3. The molecule has 0 aliphatic rings. The second kappa shape index (κ2) is 7.10. The van der Waals surface area contributed by atoms with Crippen molar-refractivity contribution in [2.24, 2.45) is 0 Å². The highest BCUT2D eigenvalue weighted by molar-refractivity contribution is 5.82. The number of aromatic nitrogens is 5. The van der Waals surface area contributed by atoms with E-state index in [9.17, 15) is 0 Å². The number of nitrogens with zero attached hydrogens (tertiary/aromatic N) is 5. The van der Waals surface area contributed by atoms with Crippen LogP contribution in [0.4, 0.5) is 0 Å². The Bertz CT molecular complexity index is 1290. The first-order valence-electron chi connectivity index (χ1n) is 10.5. The van der Waals surface area contributed by atoms with Gasteiger partial charge in [-0.25, -0.2) is 15.0 Å². The van der Waals surface area contributed by atoms with E-state index in [1.165, 1.54) is 11.1 Å². The fourth-order valence-electron chi connectivity index (χ4n) is 4.19. The fourth-order valence-corrected chi connectivity index (χ4v) is 4.19. The normalized spacial score (nSPS) is 11.6. The number of benzene rings is 2. The van der Waals surface area contributed by atoms with E-state index >= 15 is 0 Å². The summed E-state index contributed by atoms with van der Waals surface area (Å²) in [5.41, 5.74) is 8.46. The van der Waals surface area contributed by atoms with Crippen LogP contribution in [0, 0.1) is 13.8 Å². The molecular formula is C25H25N5. The summed E-state index contributed by atoms with van der Waals surface area (Å²) in [7, 11) is 0. The number of hydrogen-bond donors (Lipinski definition) is 0. The molecule has 0 aliphatic heterocycles. The minimum Gasteiger partial charge on any atom is -0.323 e. The van der Waals surface area contributed by atoms with Crippen LogP contribution in [0.5, 0.6) is 0 Å². The van der Waals surface area contributed by atoms with Crippen molar-refractivity contribution in [2.75, 3.05) is 0 Å². The molecule has 150 valence electrons. The van der Waals surface area contributed by atoms with Crippen molar-refractivity contribution in [3.05, 3.63) is 65.7 Å². The maximum absolute atomic E-state index is 5.00. The van der Waals surface area contributed by atoms with E-state index in [1.807, 2.05) is 18.2 Å². The molecule has 5 aromatic rings. The third kappa shape index (κ3) is 2.89. The Hall–Kier alpha value is -3.47. The van der Waals surface area contributed by atoms with E-state index in [0.29, 0.717) is 0 Å². The van der Waals surface area contributed by atoms with Crippen molar-refractivity contribution in [1.82, 2.24) is 24.1 Å². The SMILES string of the molecule is CCn1c(-c2cccc(-c3nc4cc(C)ccc4n3CC)n2)nc2cc(C)ccc21. The first kappa shape index (κ1) is 18.6. The number of rotatable bonds is 4. The van der Waals surface area contributed by atoms with Gasteiger partial charge in [0, 0.05) is 13.1 Å². The molecule has 0 saturated heterocycles. The van der Waals surface area contributed by atoms with Gasteiger partial charge in [-0.2, -0.15) is 0 Å². The molecule has 0 fully saturated rings. The molecule has 5 nitrogen and oxygen atoms in total. The molecule has 0 saturated carbocycles. The first-order valence-corrected chi connectivity index (χ1v) is 10.5. The Kier molecular flexibility index (Phi) is 4.39. The van der Waals surface area contributed by atoms with Crippen LogP contribution in [0.15, 0.2) is 54.6 Å². The Morgan fingerprint density at radius 2 is 1.10 bits per heavy atom. The van der Waals surface area contributed by atoms with Crippen molar-refractivity contribution in [3.63, 3.8) is 0 Å². The van der Waals surface area contributed by atoms with Crippen LogP contribution < -0.4 is 0 Å².